The van der Waals surface area contributed by atoms with Crippen LogP contribution in [0.3, 0.4) is 0 Å². The Balaban J connectivity index is 2.26. The summed E-state index contributed by atoms with van der Waals surface area (Å²) in [6.07, 6.45) is 0. The molecule has 110 valence electrons. The average Bonchev–Trinajstić information content (AvgIpc) is 2.46. The van der Waals surface area contributed by atoms with Gasteiger partial charge in [-0.1, -0.05) is 42.5 Å². The van der Waals surface area contributed by atoms with Crippen LogP contribution < -0.4 is 4.74 Å². The molecule has 0 aliphatic heterocycles. The molecule has 0 radical (unpaired) electrons. The van der Waals surface area contributed by atoms with Crippen LogP contribution in [0, 0.1) is 0 Å². The summed E-state index contributed by atoms with van der Waals surface area (Å²) in [5, 5.41) is 0. The maximum absolute atomic E-state index is 5.87. The summed E-state index contributed by atoms with van der Waals surface area (Å²) in [7, 11) is 0. The zero-order valence-corrected chi connectivity index (χ0v) is 13.6. The fourth-order valence-electron chi connectivity index (χ4n) is 2.25. The topological polar surface area (TPSA) is 9.23 Å². The Morgan fingerprint density at radius 1 is 0.714 bits per heavy atom. The van der Waals surface area contributed by atoms with Crippen molar-refractivity contribution in [3.8, 4) is 5.75 Å². The molecular weight excluding hydrogens is 256 g/mol. The van der Waals surface area contributed by atoms with Gasteiger partial charge in [-0.25, -0.2) is 0 Å². The highest BCUT2D eigenvalue weighted by Crippen LogP contribution is 2.27. The van der Waals surface area contributed by atoms with E-state index in [2.05, 4.69) is 71.0 Å². The second kappa shape index (κ2) is 6.17. The molecule has 1 heteroatoms. The van der Waals surface area contributed by atoms with Crippen molar-refractivity contribution in [3.05, 3.63) is 65.7 Å². The largest absolute Gasteiger partial charge is 0.488 e. The van der Waals surface area contributed by atoms with Crippen LogP contribution in [0.15, 0.2) is 54.6 Å². The van der Waals surface area contributed by atoms with Crippen molar-refractivity contribution in [2.75, 3.05) is 0 Å². The summed E-state index contributed by atoms with van der Waals surface area (Å²) in [6.45, 7) is 10.5. The minimum Gasteiger partial charge on any atom is -0.488 e. The minimum atomic E-state index is -0.160. The van der Waals surface area contributed by atoms with Gasteiger partial charge in [0.2, 0.25) is 0 Å². The van der Waals surface area contributed by atoms with Crippen molar-refractivity contribution in [2.45, 2.75) is 40.2 Å². The number of ether oxygens (including phenoxy) is 1. The molecule has 0 aromatic heterocycles. The van der Waals surface area contributed by atoms with Crippen molar-refractivity contribution >= 4 is 11.1 Å². The van der Waals surface area contributed by atoms with Gasteiger partial charge in [-0.15, -0.1) is 0 Å². The Hall–Kier alpha value is -2.02. The van der Waals surface area contributed by atoms with Crippen LogP contribution in [0.4, 0.5) is 0 Å². The van der Waals surface area contributed by atoms with E-state index in [0.29, 0.717) is 0 Å². The molecule has 2 aromatic rings. The number of benzene rings is 2. The van der Waals surface area contributed by atoms with Crippen molar-refractivity contribution in [3.63, 3.8) is 0 Å². The Kier molecular flexibility index (Phi) is 4.52. The molecule has 2 rings (SSSR count). The molecule has 0 unspecified atom stereocenters. The Bertz CT molecular complexity index is 613. The maximum atomic E-state index is 5.87. The van der Waals surface area contributed by atoms with Crippen LogP contribution in [0.2, 0.25) is 0 Å². The van der Waals surface area contributed by atoms with E-state index in [-0.39, 0.29) is 5.60 Å². The minimum absolute atomic E-state index is 0.160. The molecule has 1 nitrogen and oxygen atoms in total. The molecule has 0 N–H and O–H groups in total. The summed E-state index contributed by atoms with van der Waals surface area (Å²) in [6, 6.07) is 18.8. The molecule has 21 heavy (non-hydrogen) atoms. The first-order valence-corrected chi connectivity index (χ1v) is 7.39. The van der Waals surface area contributed by atoms with Gasteiger partial charge in [0.15, 0.2) is 0 Å². The lowest BCUT2D eigenvalue weighted by Crippen LogP contribution is -2.22. The second-order valence-corrected chi connectivity index (χ2v) is 6.35. The quantitative estimate of drug-likeness (QED) is 0.644. The standard InChI is InChI=1S/C20H24O/c1-15(17-9-7-6-8-10-17)16(2)18-11-13-19(14-12-18)21-20(3,4)5/h6-14H,1-5H3/b16-15-. The molecule has 0 saturated carbocycles. The van der Waals surface area contributed by atoms with Gasteiger partial charge < -0.3 is 4.74 Å². The molecule has 0 aliphatic carbocycles. The van der Waals surface area contributed by atoms with E-state index in [0.717, 1.165) is 5.75 Å². The molecule has 0 atom stereocenters. The van der Waals surface area contributed by atoms with E-state index in [9.17, 15) is 0 Å². The van der Waals surface area contributed by atoms with Crippen molar-refractivity contribution in [1.29, 1.82) is 0 Å². The second-order valence-electron chi connectivity index (χ2n) is 6.35. The van der Waals surface area contributed by atoms with Crippen molar-refractivity contribution < 1.29 is 4.74 Å². The lowest BCUT2D eigenvalue weighted by atomic mass is 9.97. The first-order valence-electron chi connectivity index (χ1n) is 7.39. The van der Waals surface area contributed by atoms with Crippen LogP contribution >= 0.6 is 0 Å². The third kappa shape index (κ3) is 4.22. The highest BCUT2D eigenvalue weighted by Gasteiger charge is 2.11. The zero-order chi connectivity index (χ0) is 15.5. The van der Waals surface area contributed by atoms with E-state index < -0.39 is 0 Å². The Labute approximate surface area is 128 Å². The maximum Gasteiger partial charge on any atom is 0.120 e. The predicted molar refractivity (Wildman–Crippen MR) is 91.4 cm³/mol. The van der Waals surface area contributed by atoms with Gasteiger partial charge in [-0.05, 0) is 69.0 Å². The molecule has 0 fully saturated rings. The van der Waals surface area contributed by atoms with E-state index in [1.807, 2.05) is 18.2 Å². The summed E-state index contributed by atoms with van der Waals surface area (Å²) in [4.78, 5) is 0. The normalized spacial score (nSPS) is 12.8. The van der Waals surface area contributed by atoms with Gasteiger partial charge in [0, 0.05) is 0 Å². The molecule has 0 bridgehead atoms. The van der Waals surface area contributed by atoms with Crippen LogP contribution in [0.5, 0.6) is 5.75 Å². The highest BCUT2D eigenvalue weighted by molar-refractivity contribution is 5.88. The van der Waals surface area contributed by atoms with E-state index in [1.165, 1.54) is 22.3 Å². The molecule has 0 spiro atoms. The van der Waals surface area contributed by atoms with Crippen molar-refractivity contribution in [2.24, 2.45) is 0 Å². The lowest BCUT2D eigenvalue weighted by Gasteiger charge is -2.21. The van der Waals surface area contributed by atoms with Crippen molar-refractivity contribution in [1.82, 2.24) is 0 Å². The van der Waals surface area contributed by atoms with Gasteiger partial charge in [-0.2, -0.15) is 0 Å². The fraction of sp³-hybridized carbons (Fsp3) is 0.300. The Morgan fingerprint density at radius 3 is 1.67 bits per heavy atom. The summed E-state index contributed by atoms with van der Waals surface area (Å²) in [5.41, 5.74) is 4.94. The van der Waals surface area contributed by atoms with Gasteiger partial charge in [0.1, 0.15) is 11.4 Å². The average molecular weight is 280 g/mol. The number of hydrogen-bond acceptors (Lipinski definition) is 1. The third-order valence-corrected chi connectivity index (χ3v) is 3.48. The number of allylic oxidation sites excluding steroid dienone is 2. The van der Waals surface area contributed by atoms with Crippen LogP contribution in [-0.4, -0.2) is 5.60 Å². The first kappa shape index (κ1) is 15.4. The summed E-state index contributed by atoms with van der Waals surface area (Å²) < 4.78 is 5.87. The lowest BCUT2D eigenvalue weighted by molar-refractivity contribution is 0.131. The third-order valence-electron chi connectivity index (χ3n) is 3.48. The smallest absolute Gasteiger partial charge is 0.120 e. The highest BCUT2D eigenvalue weighted by atomic mass is 16.5. The van der Waals surface area contributed by atoms with Gasteiger partial charge >= 0.3 is 0 Å². The van der Waals surface area contributed by atoms with E-state index in [1.54, 1.807) is 0 Å². The van der Waals surface area contributed by atoms with Crippen LogP contribution in [0.1, 0.15) is 45.7 Å². The number of rotatable bonds is 3. The fourth-order valence-corrected chi connectivity index (χ4v) is 2.25. The zero-order valence-electron chi connectivity index (χ0n) is 13.6. The molecular formula is C20H24O. The molecule has 2 aromatic carbocycles. The monoisotopic (exact) mass is 280 g/mol. The van der Waals surface area contributed by atoms with E-state index in [4.69, 9.17) is 4.74 Å². The SMILES string of the molecule is C/C(=C(\C)c1ccc(OC(C)(C)C)cc1)c1ccccc1. The molecule has 0 aliphatic rings. The first-order chi connectivity index (χ1) is 9.87. The van der Waals surface area contributed by atoms with E-state index >= 15 is 0 Å². The van der Waals surface area contributed by atoms with Crippen LogP contribution in [-0.2, 0) is 0 Å². The molecule has 0 heterocycles. The number of hydrogen-bond donors (Lipinski definition) is 0. The van der Waals surface area contributed by atoms with Gasteiger partial charge in [-0.3, -0.25) is 0 Å². The Morgan fingerprint density at radius 2 is 1.19 bits per heavy atom. The van der Waals surface area contributed by atoms with Crippen LogP contribution in [0.25, 0.3) is 11.1 Å². The van der Waals surface area contributed by atoms with Gasteiger partial charge in [0.25, 0.3) is 0 Å². The summed E-state index contributed by atoms with van der Waals surface area (Å²) in [5.74, 6) is 0.913. The van der Waals surface area contributed by atoms with Gasteiger partial charge in [0.05, 0.1) is 0 Å². The molecule has 0 saturated heterocycles. The molecule has 0 amide bonds. The summed E-state index contributed by atoms with van der Waals surface area (Å²) >= 11 is 0. The predicted octanol–water partition coefficient (Wildman–Crippen LogP) is 5.81.